The Morgan fingerprint density at radius 1 is 1.31 bits per heavy atom. The van der Waals surface area contributed by atoms with Gasteiger partial charge in [-0.15, -0.1) is 0 Å². The molecule has 1 aromatic heterocycles. The molecule has 1 unspecified atom stereocenters. The predicted octanol–water partition coefficient (Wildman–Crippen LogP) is 1.33. The summed E-state index contributed by atoms with van der Waals surface area (Å²) in [7, 11) is -0.724. The van der Waals surface area contributed by atoms with E-state index in [0.717, 1.165) is 24.4 Å². The molecule has 0 radical (unpaired) electrons. The monoisotopic (exact) mass is 238 g/mol. The van der Waals surface area contributed by atoms with Crippen LogP contribution in [0.3, 0.4) is 0 Å². The molecule has 0 spiro atoms. The maximum absolute atomic E-state index is 12.0. The van der Waals surface area contributed by atoms with Crippen LogP contribution in [0.25, 0.3) is 0 Å². The summed E-state index contributed by atoms with van der Waals surface area (Å²) >= 11 is 0. The Morgan fingerprint density at radius 2 is 2.00 bits per heavy atom. The van der Waals surface area contributed by atoms with Gasteiger partial charge >= 0.3 is 0 Å². The van der Waals surface area contributed by atoms with E-state index in [1.807, 2.05) is 12.1 Å². The lowest BCUT2D eigenvalue weighted by atomic mass is 10.0. The molecule has 3 nitrogen and oxygen atoms in total. The number of rotatable bonds is 4. The van der Waals surface area contributed by atoms with E-state index in [9.17, 15) is 4.21 Å². The third-order valence-electron chi connectivity index (χ3n) is 2.96. The first kappa shape index (κ1) is 11.7. The summed E-state index contributed by atoms with van der Waals surface area (Å²) in [6.45, 7) is 2.16. The molecule has 1 N–H and O–H groups in total. The zero-order chi connectivity index (χ0) is 11.2. The van der Waals surface area contributed by atoms with Crippen LogP contribution in [-0.4, -0.2) is 28.0 Å². The summed E-state index contributed by atoms with van der Waals surface area (Å²) in [5.74, 6) is 2.17. The first-order valence-corrected chi connectivity index (χ1v) is 7.28. The quantitative estimate of drug-likeness (QED) is 0.860. The fourth-order valence-electron chi connectivity index (χ4n) is 2.04. The Morgan fingerprint density at radius 3 is 2.69 bits per heavy atom. The fourth-order valence-corrected chi connectivity index (χ4v) is 3.58. The first-order chi connectivity index (χ1) is 7.84. The van der Waals surface area contributed by atoms with Crippen LogP contribution in [0.15, 0.2) is 24.5 Å². The van der Waals surface area contributed by atoms with E-state index in [0.29, 0.717) is 11.7 Å². The molecule has 2 heterocycles. The smallest absolute Gasteiger partial charge is 0.0486 e. The van der Waals surface area contributed by atoms with Crippen molar-refractivity contribution in [2.24, 2.45) is 5.92 Å². The van der Waals surface area contributed by atoms with Crippen LogP contribution in [-0.2, 0) is 16.6 Å². The number of nitrogens with zero attached hydrogens (tertiary/aromatic N) is 1. The second-order valence-electron chi connectivity index (χ2n) is 4.30. The maximum Gasteiger partial charge on any atom is 0.0486 e. The van der Waals surface area contributed by atoms with Gasteiger partial charge in [0.1, 0.15) is 0 Å². The van der Waals surface area contributed by atoms with Gasteiger partial charge < -0.3 is 5.32 Å². The lowest BCUT2D eigenvalue weighted by Crippen LogP contribution is -2.30. The van der Waals surface area contributed by atoms with Crippen LogP contribution in [0.5, 0.6) is 0 Å². The van der Waals surface area contributed by atoms with Crippen molar-refractivity contribution in [1.82, 2.24) is 10.3 Å². The molecule has 1 aliphatic heterocycles. The van der Waals surface area contributed by atoms with E-state index in [-0.39, 0.29) is 0 Å². The second kappa shape index (κ2) is 6.11. The van der Waals surface area contributed by atoms with Crippen LogP contribution in [0.2, 0.25) is 0 Å². The number of nitrogens with one attached hydrogen (secondary N) is 1. The van der Waals surface area contributed by atoms with Gasteiger partial charge in [0.2, 0.25) is 0 Å². The highest BCUT2D eigenvalue weighted by Crippen LogP contribution is 2.14. The van der Waals surface area contributed by atoms with E-state index in [1.54, 1.807) is 12.4 Å². The summed E-state index contributed by atoms with van der Waals surface area (Å²) in [5, 5.41) is 3.33. The highest BCUT2D eigenvalue weighted by molar-refractivity contribution is 7.84. The minimum absolute atomic E-state index is 0.643. The minimum Gasteiger partial charge on any atom is -0.317 e. The number of hydrogen-bond donors (Lipinski definition) is 1. The molecule has 1 atom stereocenters. The molecule has 1 aromatic rings. The summed E-state index contributed by atoms with van der Waals surface area (Å²) in [4.78, 5) is 3.96. The Balaban J connectivity index is 1.80. The zero-order valence-corrected chi connectivity index (χ0v) is 10.2. The lowest BCUT2D eigenvalue weighted by molar-refractivity contribution is 0.405. The van der Waals surface area contributed by atoms with Gasteiger partial charge in [0, 0.05) is 34.7 Å². The summed E-state index contributed by atoms with van der Waals surface area (Å²) in [6.07, 6.45) is 5.86. The highest BCUT2D eigenvalue weighted by atomic mass is 32.2. The van der Waals surface area contributed by atoms with E-state index >= 15 is 0 Å². The fraction of sp³-hybridized carbons (Fsp3) is 0.583. The summed E-state index contributed by atoms with van der Waals surface area (Å²) in [5.41, 5.74) is 1.13. The minimum atomic E-state index is -0.724. The maximum atomic E-state index is 12.0. The van der Waals surface area contributed by atoms with E-state index < -0.39 is 10.8 Å². The van der Waals surface area contributed by atoms with Gasteiger partial charge in [-0.05, 0) is 49.5 Å². The lowest BCUT2D eigenvalue weighted by Gasteiger charge is -2.21. The number of pyridine rings is 1. The van der Waals surface area contributed by atoms with Gasteiger partial charge in [-0.2, -0.15) is 0 Å². The van der Waals surface area contributed by atoms with Crippen LogP contribution >= 0.6 is 0 Å². The average molecular weight is 238 g/mol. The topological polar surface area (TPSA) is 42.0 Å². The third-order valence-corrected chi connectivity index (χ3v) is 4.46. The molecule has 88 valence electrons. The predicted molar refractivity (Wildman–Crippen MR) is 66.5 cm³/mol. The van der Waals surface area contributed by atoms with Gasteiger partial charge in [-0.3, -0.25) is 9.19 Å². The molecule has 1 saturated heterocycles. The Bertz CT molecular complexity index is 336. The van der Waals surface area contributed by atoms with E-state index in [1.165, 1.54) is 12.8 Å². The molecule has 0 saturated carbocycles. The van der Waals surface area contributed by atoms with Gasteiger partial charge in [0.25, 0.3) is 0 Å². The van der Waals surface area contributed by atoms with E-state index in [4.69, 9.17) is 0 Å². The van der Waals surface area contributed by atoms with Crippen LogP contribution in [0.1, 0.15) is 18.4 Å². The van der Waals surface area contributed by atoms with Gasteiger partial charge in [-0.1, -0.05) is 0 Å². The van der Waals surface area contributed by atoms with Gasteiger partial charge in [0.05, 0.1) is 0 Å². The molecule has 4 heteroatoms. The largest absolute Gasteiger partial charge is 0.317 e. The molecule has 1 fully saturated rings. The van der Waals surface area contributed by atoms with Crippen molar-refractivity contribution in [3.8, 4) is 0 Å². The number of piperidine rings is 1. The molecular weight excluding hydrogens is 220 g/mol. The first-order valence-electron chi connectivity index (χ1n) is 5.79. The highest BCUT2D eigenvalue weighted by Gasteiger charge is 2.15. The van der Waals surface area contributed by atoms with Crippen molar-refractivity contribution >= 4 is 10.8 Å². The Kier molecular flexibility index (Phi) is 4.48. The van der Waals surface area contributed by atoms with Crippen molar-refractivity contribution in [3.63, 3.8) is 0 Å². The standard InChI is InChI=1S/C12H18N2OS/c15-16(9-11-1-5-13-6-2-11)10-12-3-7-14-8-4-12/h1-2,5-6,12,14H,3-4,7-10H2. The van der Waals surface area contributed by atoms with Crippen molar-refractivity contribution < 1.29 is 4.21 Å². The molecule has 1 aliphatic rings. The van der Waals surface area contributed by atoms with E-state index in [2.05, 4.69) is 10.3 Å². The molecule has 0 bridgehead atoms. The molecule has 0 aliphatic carbocycles. The SMILES string of the molecule is O=S(Cc1ccncc1)CC1CCNCC1. The van der Waals surface area contributed by atoms with Crippen molar-refractivity contribution in [2.45, 2.75) is 18.6 Å². The van der Waals surface area contributed by atoms with Crippen LogP contribution in [0, 0.1) is 5.92 Å². The second-order valence-corrected chi connectivity index (χ2v) is 5.80. The zero-order valence-electron chi connectivity index (χ0n) is 9.39. The van der Waals surface area contributed by atoms with Gasteiger partial charge in [0.15, 0.2) is 0 Å². The van der Waals surface area contributed by atoms with Gasteiger partial charge in [-0.25, -0.2) is 0 Å². The molecule has 0 aromatic carbocycles. The summed E-state index contributed by atoms with van der Waals surface area (Å²) < 4.78 is 12.0. The molecule has 0 amide bonds. The van der Waals surface area contributed by atoms with Crippen LogP contribution < -0.4 is 5.32 Å². The van der Waals surface area contributed by atoms with Crippen molar-refractivity contribution in [3.05, 3.63) is 30.1 Å². The Hall–Kier alpha value is -0.740. The van der Waals surface area contributed by atoms with Crippen molar-refractivity contribution in [2.75, 3.05) is 18.8 Å². The number of hydrogen-bond acceptors (Lipinski definition) is 3. The molecule has 2 rings (SSSR count). The normalized spacial score (nSPS) is 19.5. The Labute approximate surface area is 99.1 Å². The average Bonchev–Trinajstić information content (AvgIpc) is 2.31. The molecular formula is C12H18N2OS. The third kappa shape index (κ3) is 3.68. The number of aromatic nitrogens is 1. The van der Waals surface area contributed by atoms with Crippen LogP contribution in [0.4, 0.5) is 0 Å². The van der Waals surface area contributed by atoms with Crippen molar-refractivity contribution in [1.29, 1.82) is 0 Å². The molecule has 16 heavy (non-hydrogen) atoms. The summed E-state index contributed by atoms with van der Waals surface area (Å²) in [6, 6.07) is 3.89.